The highest BCUT2D eigenvalue weighted by Crippen LogP contribution is 2.17. The molecule has 1 aliphatic rings. The summed E-state index contributed by atoms with van der Waals surface area (Å²) in [7, 11) is 0. The van der Waals surface area contributed by atoms with E-state index in [2.05, 4.69) is 10.6 Å². The van der Waals surface area contributed by atoms with Crippen LogP contribution in [0.3, 0.4) is 0 Å². The molecule has 118 valence electrons. The van der Waals surface area contributed by atoms with Crippen molar-refractivity contribution in [3.63, 3.8) is 0 Å². The van der Waals surface area contributed by atoms with Gasteiger partial charge in [-0.15, -0.1) is 11.3 Å². The SMILES string of the molecule is O=C(COC(=O)C=Cc1cccs1)NC(=O)NC1CCCC1. The van der Waals surface area contributed by atoms with Crippen LogP contribution in [-0.2, 0) is 14.3 Å². The van der Waals surface area contributed by atoms with Crippen LogP contribution in [0.2, 0.25) is 0 Å². The second-order valence-electron chi connectivity index (χ2n) is 4.96. The molecule has 1 aromatic heterocycles. The molecule has 0 unspecified atom stereocenters. The second kappa shape index (κ2) is 8.33. The first-order valence-corrected chi connectivity index (χ1v) is 8.00. The predicted molar refractivity (Wildman–Crippen MR) is 83.2 cm³/mol. The van der Waals surface area contributed by atoms with E-state index in [-0.39, 0.29) is 6.04 Å². The van der Waals surface area contributed by atoms with Gasteiger partial charge in [0.2, 0.25) is 0 Å². The molecule has 22 heavy (non-hydrogen) atoms. The number of hydrogen-bond donors (Lipinski definition) is 2. The minimum atomic E-state index is -0.645. The molecular formula is C15H18N2O4S. The molecule has 0 bridgehead atoms. The van der Waals surface area contributed by atoms with Crippen molar-refractivity contribution in [2.45, 2.75) is 31.7 Å². The Morgan fingerprint density at radius 1 is 1.32 bits per heavy atom. The standard InChI is InChI=1S/C15H18N2O4S/c18-13(17-15(20)16-11-4-1-2-5-11)10-21-14(19)8-7-12-6-3-9-22-12/h3,6-9,11H,1-2,4-5,10H2,(H2,16,17,18,20). The Morgan fingerprint density at radius 2 is 2.09 bits per heavy atom. The number of thiophene rings is 1. The van der Waals surface area contributed by atoms with E-state index in [1.807, 2.05) is 17.5 Å². The third-order valence-electron chi connectivity index (χ3n) is 3.22. The van der Waals surface area contributed by atoms with Crippen LogP contribution in [-0.4, -0.2) is 30.6 Å². The van der Waals surface area contributed by atoms with Crippen molar-refractivity contribution in [3.05, 3.63) is 28.5 Å². The molecule has 0 saturated heterocycles. The van der Waals surface area contributed by atoms with Crippen LogP contribution in [0.1, 0.15) is 30.6 Å². The van der Waals surface area contributed by atoms with Gasteiger partial charge in [0.05, 0.1) is 0 Å². The zero-order chi connectivity index (χ0) is 15.8. The third-order valence-corrected chi connectivity index (χ3v) is 4.05. The van der Waals surface area contributed by atoms with Crippen molar-refractivity contribution in [1.29, 1.82) is 0 Å². The molecule has 1 fully saturated rings. The Bertz CT molecular complexity index is 548. The maximum atomic E-state index is 11.5. The Hall–Kier alpha value is -2.15. The van der Waals surface area contributed by atoms with Crippen LogP contribution in [0.5, 0.6) is 0 Å². The van der Waals surface area contributed by atoms with E-state index in [1.54, 1.807) is 6.08 Å². The zero-order valence-electron chi connectivity index (χ0n) is 12.0. The highest BCUT2D eigenvalue weighted by Gasteiger charge is 2.18. The fourth-order valence-electron chi connectivity index (χ4n) is 2.18. The number of urea groups is 1. The Morgan fingerprint density at radius 3 is 2.77 bits per heavy atom. The van der Waals surface area contributed by atoms with Crippen molar-refractivity contribution in [3.8, 4) is 0 Å². The summed E-state index contributed by atoms with van der Waals surface area (Å²) < 4.78 is 4.76. The summed E-state index contributed by atoms with van der Waals surface area (Å²) in [4.78, 5) is 35.4. The summed E-state index contributed by atoms with van der Waals surface area (Å²) in [6.07, 6.45) is 6.91. The fourth-order valence-corrected chi connectivity index (χ4v) is 2.79. The minimum absolute atomic E-state index is 0.129. The van der Waals surface area contributed by atoms with Gasteiger partial charge in [0.25, 0.3) is 5.91 Å². The summed E-state index contributed by atoms with van der Waals surface area (Å²) in [6, 6.07) is 3.31. The Kier molecular flexibility index (Phi) is 6.14. The molecule has 0 aromatic carbocycles. The minimum Gasteiger partial charge on any atom is -0.452 e. The van der Waals surface area contributed by atoms with E-state index in [4.69, 9.17) is 4.74 Å². The van der Waals surface area contributed by atoms with Crippen molar-refractivity contribution in [2.24, 2.45) is 0 Å². The van der Waals surface area contributed by atoms with E-state index < -0.39 is 24.5 Å². The lowest BCUT2D eigenvalue weighted by molar-refractivity contribution is -0.143. The number of ether oxygens (including phenoxy) is 1. The third kappa shape index (κ3) is 5.69. The monoisotopic (exact) mass is 322 g/mol. The lowest BCUT2D eigenvalue weighted by Gasteiger charge is -2.12. The van der Waals surface area contributed by atoms with Crippen LogP contribution in [0, 0.1) is 0 Å². The van der Waals surface area contributed by atoms with Crippen LogP contribution in [0.15, 0.2) is 23.6 Å². The second-order valence-corrected chi connectivity index (χ2v) is 5.94. The largest absolute Gasteiger partial charge is 0.452 e. The van der Waals surface area contributed by atoms with Crippen LogP contribution >= 0.6 is 11.3 Å². The number of imide groups is 1. The van der Waals surface area contributed by atoms with Gasteiger partial charge in [-0.05, 0) is 30.4 Å². The number of rotatable bonds is 5. The van der Waals surface area contributed by atoms with Gasteiger partial charge in [-0.2, -0.15) is 0 Å². The van der Waals surface area contributed by atoms with E-state index in [0.717, 1.165) is 30.6 Å². The highest BCUT2D eigenvalue weighted by molar-refractivity contribution is 7.10. The van der Waals surface area contributed by atoms with Gasteiger partial charge in [-0.1, -0.05) is 18.9 Å². The molecule has 0 radical (unpaired) electrons. The summed E-state index contributed by atoms with van der Waals surface area (Å²) in [5, 5.41) is 6.75. The number of carbonyl (C=O) groups is 3. The van der Waals surface area contributed by atoms with E-state index in [9.17, 15) is 14.4 Å². The van der Waals surface area contributed by atoms with Crippen LogP contribution in [0.25, 0.3) is 6.08 Å². The van der Waals surface area contributed by atoms with Crippen LogP contribution in [0.4, 0.5) is 4.79 Å². The predicted octanol–water partition coefficient (Wildman–Crippen LogP) is 2.07. The van der Waals surface area contributed by atoms with Gasteiger partial charge >= 0.3 is 12.0 Å². The molecule has 1 heterocycles. The van der Waals surface area contributed by atoms with Crippen molar-refractivity contribution >= 4 is 35.3 Å². The number of nitrogens with one attached hydrogen (secondary N) is 2. The maximum Gasteiger partial charge on any atom is 0.331 e. The maximum absolute atomic E-state index is 11.5. The summed E-state index contributed by atoms with van der Waals surface area (Å²) in [6.45, 7) is -0.480. The molecule has 2 rings (SSSR count). The van der Waals surface area contributed by atoms with Crippen LogP contribution < -0.4 is 10.6 Å². The molecule has 1 saturated carbocycles. The Balaban J connectivity index is 1.64. The van der Waals surface area contributed by atoms with E-state index in [1.165, 1.54) is 17.4 Å². The molecule has 3 amide bonds. The normalized spacial score (nSPS) is 14.9. The van der Waals surface area contributed by atoms with Gasteiger partial charge in [0.1, 0.15) is 0 Å². The number of esters is 1. The average Bonchev–Trinajstić information content (AvgIpc) is 3.15. The Labute approximate surface area is 132 Å². The molecule has 2 N–H and O–H groups in total. The van der Waals surface area contributed by atoms with Gasteiger partial charge in [-0.3, -0.25) is 10.1 Å². The molecule has 6 nitrogen and oxygen atoms in total. The van der Waals surface area contributed by atoms with Gasteiger partial charge in [-0.25, -0.2) is 9.59 Å². The van der Waals surface area contributed by atoms with Crippen molar-refractivity contribution in [2.75, 3.05) is 6.61 Å². The first-order chi connectivity index (χ1) is 10.6. The van der Waals surface area contributed by atoms with E-state index >= 15 is 0 Å². The number of amides is 3. The van der Waals surface area contributed by atoms with Crippen molar-refractivity contribution in [1.82, 2.24) is 10.6 Å². The molecule has 1 aliphatic carbocycles. The highest BCUT2D eigenvalue weighted by atomic mass is 32.1. The number of hydrogen-bond acceptors (Lipinski definition) is 5. The van der Waals surface area contributed by atoms with Crippen molar-refractivity contribution < 1.29 is 19.1 Å². The summed E-state index contributed by atoms with van der Waals surface area (Å²) in [5.74, 6) is -1.27. The average molecular weight is 322 g/mol. The number of carbonyl (C=O) groups excluding carboxylic acids is 3. The summed E-state index contributed by atoms with van der Waals surface area (Å²) >= 11 is 1.49. The zero-order valence-corrected chi connectivity index (χ0v) is 12.9. The van der Waals surface area contributed by atoms with Gasteiger partial charge in [0.15, 0.2) is 6.61 Å². The molecule has 0 aliphatic heterocycles. The molecule has 7 heteroatoms. The molecular weight excluding hydrogens is 304 g/mol. The smallest absolute Gasteiger partial charge is 0.331 e. The quantitative estimate of drug-likeness (QED) is 0.642. The first kappa shape index (κ1) is 16.2. The lowest BCUT2D eigenvalue weighted by Crippen LogP contribution is -2.44. The van der Waals surface area contributed by atoms with E-state index in [0.29, 0.717) is 0 Å². The molecule has 0 atom stereocenters. The molecule has 1 aromatic rings. The van der Waals surface area contributed by atoms with Gasteiger partial charge in [0, 0.05) is 17.0 Å². The topological polar surface area (TPSA) is 84.5 Å². The van der Waals surface area contributed by atoms with Gasteiger partial charge < -0.3 is 10.1 Å². The lowest BCUT2D eigenvalue weighted by atomic mass is 10.2. The fraction of sp³-hybridized carbons (Fsp3) is 0.400. The first-order valence-electron chi connectivity index (χ1n) is 7.12. The summed E-state index contributed by atoms with van der Waals surface area (Å²) in [5.41, 5.74) is 0. The molecule has 0 spiro atoms.